The first kappa shape index (κ1) is 12.4. The molecule has 2 fully saturated rings. The first-order valence-corrected chi connectivity index (χ1v) is 8.03. The third-order valence-electron chi connectivity index (χ3n) is 4.29. The lowest BCUT2D eigenvalue weighted by Gasteiger charge is -2.35. The van der Waals surface area contributed by atoms with Crippen molar-refractivity contribution >= 4 is 16.5 Å². The maximum absolute atomic E-state index is 4.78. The van der Waals surface area contributed by atoms with E-state index in [-0.39, 0.29) is 0 Å². The van der Waals surface area contributed by atoms with Gasteiger partial charge in [0.05, 0.1) is 5.69 Å². The molecule has 2 aliphatic rings. The molecule has 1 saturated heterocycles. The van der Waals surface area contributed by atoms with E-state index in [0.29, 0.717) is 0 Å². The maximum atomic E-state index is 4.78. The molecule has 0 spiro atoms. The fraction of sp³-hybridized carbons (Fsp3) is 0.786. The number of nitrogens with zero attached hydrogens (tertiary/aromatic N) is 2. The Morgan fingerprint density at radius 3 is 2.89 bits per heavy atom. The summed E-state index contributed by atoms with van der Waals surface area (Å²) < 4.78 is 0. The van der Waals surface area contributed by atoms with Crippen molar-refractivity contribution in [3.8, 4) is 0 Å². The van der Waals surface area contributed by atoms with Gasteiger partial charge in [0.15, 0.2) is 5.13 Å². The monoisotopic (exact) mass is 265 g/mol. The topological polar surface area (TPSA) is 28.2 Å². The van der Waals surface area contributed by atoms with Crippen LogP contribution in [0, 0.1) is 11.8 Å². The summed E-state index contributed by atoms with van der Waals surface area (Å²) in [6, 6.07) is 0.769. The standard InChI is InChI=1S/C14H23N3S/c1-10-5-6-17(8-11(10)2)14-16-13(9-18-14)7-15-12-3-4-12/h9-12,15H,3-8H2,1-2H3. The van der Waals surface area contributed by atoms with Crippen LogP contribution in [-0.2, 0) is 6.54 Å². The minimum atomic E-state index is 0.769. The molecule has 3 nitrogen and oxygen atoms in total. The summed E-state index contributed by atoms with van der Waals surface area (Å²) in [4.78, 5) is 7.24. The van der Waals surface area contributed by atoms with E-state index >= 15 is 0 Å². The number of nitrogens with one attached hydrogen (secondary N) is 1. The predicted octanol–water partition coefficient (Wildman–Crippen LogP) is 2.88. The molecule has 4 heteroatoms. The molecule has 100 valence electrons. The van der Waals surface area contributed by atoms with Crippen molar-refractivity contribution in [2.45, 2.75) is 45.7 Å². The summed E-state index contributed by atoms with van der Waals surface area (Å²) in [6.07, 6.45) is 3.99. The van der Waals surface area contributed by atoms with Gasteiger partial charge in [0.2, 0.25) is 0 Å². The van der Waals surface area contributed by atoms with E-state index in [9.17, 15) is 0 Å². The van der Waals surface area contributed by atoms with E-state index in [2.05, 4.69) is 29.4 Å². The minimum absolute atomic E-state index is 0.769. The summed E-state index contributed by atoms with van der Waals surface area (Å²) in [5.74, 6) is 1.65. The highest BCUT2D eigenvalue weighted by atomic mass is 32.1. The fourth-order valence-corrected chi connectivity index (χ4v) is 3.36. The molecule has 0 bridgehead atoms. The number of aromatic nitrogens is 1. The molecule has 3 rings (SSSR count). The molecule has 1 saturated carbocycles. The maximum Gasteiger partial charge on any atom is 0.185 e. The molecule has 1 aromatic rings. The Bertz CT molecular complexity index is 399. The average molecular weight is 265 g/mol. The minimum Gasteiger partial charge on any atom is -0.348 e. The second-order valence-electron chi connectivity index (χ2n) is 5.97. The van der Waals surface area contributed by atoms with Crippen molar-refractivity contribution in [1.82, 2.24) is 10.3 Å². The predicted molar refractivity (Wildman–Crippen MR) is 77.1 cm³/mol. The second kappa shape index (κ2) is 5.17. The van der Waals surface area contributed by atoms with Crippen LogP contribution < -0.4 is 10.2 Å². The van der Waals surface area contributed by atoms with Crippen LogP contribution >= 0.6 is 11.3 Å². The van der Waals surface area contributed by atoms with Crippen molar-refractivity contribution in [2.24, 2.45) is 11.8 Å². The van der Waals surface area contributed by atoms with Crippen molar-refractivity contribution in [3.63, 3.8) is 0 Å². The van der Waals surface area contributed by atoms with E-state index in [1.165, 1.54) is 43.2 Å². The van der Waals surface area contributed by atoms with Crippen LogP contribution in [0.3, 0.4) is 0 Å². The number of piperidine rings is 1. The van der Waals surface area contributed by atoms with Crippen LogP contribution in [0.15, 0.2) is 5.38 Å². The zero-order valence-electron chi connectivity index (χ0n) is 11.4. The molecule has 0 amide bonds. The van der Waals surface area contributed by atoms with Gasteiger partial charge in [-0.15, -0.1) is 11.3 Å². The Labute approximate surface area is 114 Å². The number of anilines is 1. The Morgan fingerprint density at radius 1 is 1.33 bits per heavy atom. The summed E-state index contributed by atoms with van der Waals surface area (Å²) in [5.41, 5.74) is 1.22. The summed E-state index contributed by atoms with van der Waals surface area (Å²) >= 11 is 1.81. The Kier molecular flexibility index (Phi) is 3.57. The Morgan fingerprint density at radius 2 is 2.17 bits per heavy atom. The summed E-state index contributed by atoms with van der Waals surface area (Å²) in [5, 5.41) is 6.97. The first-order chi connectivity index (χ1) is 8.72. The van der Waals surface area contributed by atoms with Crippen LogP contribution in [0.5, 0.6) is 0 Å². The highest BCUT2D eigenvalue weighted by Crippen LogP contribution is 2.29. The number of rotatable bonds is 4. The largest absolute Gasteiger partial charge is 0.348 e. The molecular weight excluding hydrogens is 242 g/mol. The van der Waals surface area contributed by atoms with E-state index < -0.39 is 0 Å². The third kappa shape index (κ3) is 2.86. The van der Waals surface area contributed by atoms with Crippen molar-refractivity contribution in [2.75, 3.05) is 18.0 Å². The summed E-state index contributed by atoms with van der Waals surface area (Å²) in [7, 11) is 0. The Hall–Kier alpha value is -0.610. The van der Waals surface area contributed by atoms with Gasteiger partial charge in [0.25, 0.3) is 0 Å². The van der Waals surface area contributed by atoms with Crippen molar-refractivity contribution < 1.29 is 0 Å². The summed E-state index contributed by atoms with van der Waals surface area (Å²) in [6.45, 7) is 8.02. The molecule has 2 unspecified atom stereocenters. The molecular formula is C14H23N3S. The zero-order chi connectivity index (χ0) is 12.5. The van der Waals surface area contributed by atoms with Gasteiger partial charge < -0.3 is 10.2 Å². The molecule has 2 atom stereocenters. The molecule has 1 N–H and O–H groups in total. The normalized spacial score (nSPS) is 28.7. The average Bonchev–Trinajstić information content (AvgIpc) is 3.08. The number of thiazole rings is 1. The van der Waals surface area contributed by atoms with E-state index in [4.69, 9.17) is 4.98 Å². The smallest absolute Gasteiger partial charge is 0.185 e. The van der Waals surface area contributed by atoms with Gasteiger partial charge in [0.1, 0.15) is 0 Å². The molecule has 1 aromatic heterocycles. The lowest BCUT2D eigenvalue weighted by atomic mass is 9.89. The van der Waals surface area contributed by atoms with Gasteiger partial charge in [-0.2, -0.15) is 0 Å². The van der Waals surface area contributed by atoms with Crippen LogP contribution in [0.4, 0.5) is 5.13 Å². The van der Waals surface area contributed by atoms with Gasteiger partial charge in [-0.05, 0) is 31.1 Å². The van der Waals surface area contributed by atoms with Crippen LogP contribution in [0.1, 0.15) is 38.8 Å². The highest BCUT2D eigenvalue weighted by molar-refractivity contribution is 7.13. The van der Waals surface area contributed by atoms with Gasteiger partial charge in [-0.3, -0.25) is 0 Å². The van der Waals surface area contributed by atoms with Crippen LogP contribution in [0.25, 0.3) is 0 Å². The molecule has 1 aliphatic heterocycles. The van der Waals surface area contributed by atoms with Gasteiger partial charge in [-0.25, -0.2) is 4.98 Å². The third-order valence-corrected chi connectivity index (χ3v) is 5.24. The van der Waals surface area contributed by atoms with Gasteiger partial charge in [-0.1, -0.05) is 13.8 Å². The quantitative estimate of drug-likeness (QED) is 0.907. The van der Waals surface area contributed by atoms with Crippen molar-refractivity contribution in [3.05, 3.63) is 11.1 Å². The van der Waals surface area contributed by atoms with Crippen LogP contribution in [-0.4, -0.2) is 24.1 Å². The molecule has 2 heterocycles. The lowest BCUT2D eigenvalue weighted by molar-refractivity contribution is 0.323. The lowest BCUT2D eigenvalue weighted by Crippen LogP contribution is -2.38. The van der Waals surface area contributed by atoms with E-state index in [0.717, 1.165) is 24.4 Å². The SMILES string of the molecule is CC1CCN(c2nc(CNC3CC3)cs2)CC1C. The zero-order valence-corrected chi connectivity index (χ0v) is 12.2. The number of hydrogen-bond donors (Lipinski definition) is 1. The number of hydrogen-bond acceptors (Lipinski definition) is 4. The van der Waals surface area contributed by atoms with Gasteiger partial charge >= 0.3 is 0 Å². The molecule has 1 aliphatic carbocycles. The fourth-order valence-electron chi connectivity index (χ4n) is 2.50. The van der Waals surface area contributed by atoms with Crippen molar-refractivity contribution in [1.29, 1.82) is 0 Å². The Balaban J connectivity index is 1.58. The molecule has 0 aromatic carbocycles. The van der Waals surface area contributed by atoms with E-state index in [1.54, 1.807) is 11.3 Å². The molecule has 0 radical (unpaired) electrons. The van der Waals surface area contributed by atoms with Gasteiger partial charge in [0, 0.05) is 31.1 Å². The first-order valence-electron chi connectivity index (χ1n) is 7.15. The van der Waals surface area contributed by atoms with E-state index in [1.807, 2.05) is 0 Å². The molecule has 18 heavy (non-hydrogen) atoms. The second-order valence-corrected chi connectivity index (χ2v) is 6.80. The highest BCUT2D eigenvalue weighted by Gasteiger charge is 2.25. The van der Waals surface area contributed by atoms with Crippen LogP contribution in [0.2, 0.25) is 0 Å².